The number of ketones is 2. The number of aliphatic hydroxyl groups is 3. The van der Waals surface area contributed by atoms with E-state index in [4.69, 9.17) is 5.73 Å². The van der Waals surface area contributed by atoms with Crippen LogP contribution in [0.2, 0.25) is 0 Å². The second-order valence-electron chi connectivity index (χ2n) is 11.3. The van der Waals surface area contributed by atoms with Crippen molar-refractivity contribution in [2.75, 3.05) is 33.1 Å². The lowest BCUT2D eigenvalue weighted by atomic mass is 9.58. The van der Waals surface area contributed by atoms with Crippen molar-refractivity contribution in [1.82, 2.24) is 4.90 Å². The number of aromatic hydroxyl groups is 1. The van der Waals surface area contributed by atoms with Crippen LogP contribution in [0.1, 0.15) is 33.5 Å². The van der Waals surface area contributed by atoms with Gasteiger partial charge < -0.3 is 31.1 Å². The highest BCUT2D eigenvalue weighted by Gasteiger charge is 2.63. The predicted octanol–water partition coefficient (Wildman–Crippen LogP) is 2.36. The number of benzene rings is 2. The second kappa shape index (κ2) is 9.90. The van der Waals surface area contributed by atoms with E-state index < -0.39 is 58.0 Å². The Balaban J connectivity index is 1.70. The number of rotatable bonds is 5. The first-order valence-corrected chi connectivity index (χ1v) is 13.2. The van der Waals surface area contributed by atoms with E-state index in [0.29, 0.717) is 16.8 Å². The summed E-state index contributed by atoms with van der Waals surface area (Å²) >= 11 is 0. The van der Waals surface area contributed by atoms with E-state index in [2.05, 4.69) is 0 Å². The minimum absolute atomic E-state index is 0.0234. The average molecular weight is 560 g/mol. The van der Waals surface area contributed by atoms with Crippen molar-refractivity contribution in [3.05, 3.63) is 81.3 Å². The number of aliphatic hydroxyl groups excluding tert-OH is 2. The minimum Gasteiger partial charge on any atom is -0.510 e. The third-order valence-electron chi connectivity index (χ3n) is 8.47. The van der Waals surface area contributed by atoms with Gasteiger partial charge in [0, 0.05) is 36.8 Å². The lowest BCUT2D eigenvalue weighted by Gasteiger charge is -2.50. The largest absolute Gasteiger partial charge is 0.510 e. The molecule has 2 aromatic rings. The Hall–Kier alpha value is -4.41. The number of nitrogens with two attached hydrogens (primary N) is 1. The summed E-state index contributed by atoms with van der Waals surface area (Å²) in [5.74, 6) is -6.70. The van der Waals surface area contributed by atoms with Gasteiger partial charge in [-0.1, -0.05) is 42.5 Å². The van der Waals surface area contributed by atoms with Crippen molar-refractivity contribution in [3.8, 4) is 5.75 Å². The number of fused-ring (bicyclic) bond motifs is 3. The number of nitrogens with zero attached hydrogens (tertiary/aromatic N) is 2. The van der Waals surface area contributed by atoms with Crippen molar-refractivity contribution in [3.63, 3.8) is 0 Å². The molecule has 0 saturated carbocycles. The van der Waals surface area contributed by atoms with E-state index in [0.717, 1.165) is 5.56 Å². The molecule has 1 amide bonds. The van der Waals surface area contributed by atoms with Gasteiger partial charge in [-0.25, -0.2) is 0 Å². The number of primary amides is 1. The van der Waals surface area contributed by atoms with Gasteiger partial charge >= 0.3 is 0 Å². The summed E-state index contributed by atoms with van der Waals surface area (Å²) in [7, 11) is 6.83. The molecule has 10 heteroatoms. The molecule has 6 N–H and O–H groups in total. The SMILES string of the molecule is CN(C)c1cc(/C=C/c2ccccc2)c(O)c2c1C[C@H]1C[C@@H]3[C@@H](N(C)C)C(O)=C(C(N)=O)C(=O)[C@@]3(O)C(O)=C1C2=O. The summed E-state index contributed by atoms with van der Waals surface area (Å²) in [5.41, 5.74) is 4.21. The van der Waals surface area contributed by atoms with Gasteiger partial charge in [0.15, 0.2) is 11.4 Å². The van der Waals surface area contributed by atoms with Crippen LogP contribution in [-0.2, 0) is 16.0 Å². The van der Waals surface area contributed by atoms with Crippen LogP contribution in [0.3, 0.4) is 0 Å². The van der Waals surface area contributed by atoms with Crippen LogP contribution in [0.4, 0.5) is 5.69 Å². The summed E-state index contributed by atoms with van der Waals surface area (Å²) in [6, 6.07) is 10.2. The Morgan fingerprint density at radius 2 is 1.71 bits per heavy atom. The van der Waals surface area contributed by atoms with E-state index in [-0.39, 0.29) is 29.7 Å². The molecule has 10 nitrogen and oxygen atoms in total. The summed E-state index contributed by atoms with van der Waals surface area (Å²) < 4.78 is 0. The standard InChI is InChI=1S/C31H33N3O7/c1-33(2)20-14-16(11-10-15-8-6-5-7-9-15)25(35)22-18(20)12-17-13-19-24(34(3)4)27(37)23(30(32)40)29(39)31(19,41)28(38)21(17)26(22)36/h5-11,14,17,19,24,35,37-38,41H,12-13H2,1-4H3,(H2,32,40)/b11-10+/t17-,19+,24+,31-/m0/s1. The van der Waals surface area contributed by atoms with E-state index in [1.807, 2.05) is 49.3 Å². The Bertz CT molecular complexity index is 1570. The van der Waals surface area contributed by atoms with E-state index in [1.165, 1.54) is 4.90 Å². The zero-order chi connectivity index (χ0) is 30.0. The Morgan fingerprint density at radius 1 is 1.05 bits per heavy atom. The number of carbonyl (C=O) groups excluding carboxylic acids is 3. The monoisotopic (exact) mass is 559 g/mol. The molecule has 0 heterocycles. The smallest absolute Gasteiger partial charge is 0.255 e. The molecular weight excluding hydrogens is 526 g/mol. The predicted molar refractivity (Wildman–Crippen MR) is 153 cm³/mol. The number of anilines is 1. The number of hydrogen-bond donors (Lipinski definition) is 5. The molecule has 0 spiro atoms. The van der Waals surface area contributed by atoms with Crippen molar-refractivity contribution in [2.24, 2.45) is 17.6 Å². The van der Waals surface area contributed by atoms with E-state index >= 15 is 0 Å². The van der Waals surface area contributed by atoms with Gasteiger partial charge in [0.1, 0.15) is 22.8 Å². The molecule has 0 aromatic heterocycles. The van der Waals surface area contributed by atoms with Crippen molar-refractivity contribution in [1.29, 1.82) is 0 Å². The maximum atomic E-state index is 14.1. The Morgan fingerprint density at radius 3 is 2.29 bits per heavy atom. The summed E-state index contributed by atoms with van der Waals surface area (Å²) in [4.78, 5) is 43.1. The van der Waals surface area contributed by atoms with Crippen LogP contribution in [0.25, 0.3) is 12.2 Å². The highest BCUT2D eigenvalue weighted by molar-refractivity contribution is 6.25. The van der Waals surface area contributed by atoms with Gasteiger partial charge in [-0.15, -0.1) is 0 Å². The maximum absolute atomic E-state index is 14.1. The zero-order valence-electron chi connectivity index (χ0n) is 23.3. The summed E-state index contributed by atoms with van der Waals surface area (Å²) in [5, 5.41) is 45.5. The van der Waals surface area contributed by atoms with Gasteiger partial charge in [-0.2, -0.15) is 0 Å². The van der Waals surface area contributed by atoms with Gasteiger partial charge in [-0.05, 0) is 50.0 Å². The fourth-order valence-electron chi connectivity index (χ4n) is 6.60. The Labute approximate surface area is 237 Å². The van der Waals surface area contributed by atoms with Crippen LogP contribution in [0, 0.1) is 11.8 Å². The number of phenols is 1. The minimum atomic E-state index is -2.67. The van der Waals surface area contributed by atoms with E-state index in [9.17, 15) is 34.8 Å². The van der Waals surface area contributed by atoms with Crippen LogP contribution >= 0.6 is 0 Å². The first-order valence-electron chi connectivity index (χ1n) is 13.2. The van der Waals surface area contributed by atoms with Gasteiger partial charge in [0.05, 0.1) is 11.6 Å². The lowest BCUT2D eigenvalue weighted by molar-refractivity contribution is -0.148. The summed E-state index contributed by atoms with van der Waals surface area (Å²) in [6.07, 6.45) is 3.75. The normalized spacial score (nSPS) is 25.9. The second-order valence-corrected chi connectivity index (χ2v) is 11.3. The molecule has 3 aliphatic carbocycles. The quantitative estimate of drug-likeness (QED) is 0.273. The molecule has 41 heavy (non-hydrogen) atoms. The van der Waals surface area contributed by atoms with Crippen molar-refractivity contribution >= 4 is 35.3 Å². The molecule has 0 unspecified atom stereocenters. The molecule has 0 fully saturated rings. The third kappa shape index (κ3) is 4.13. The molecule has 0 bridgehead atoms. The first-order chi connectivity index (χ1) is 19.3. The average Bonchev–Trinajstić information content (AvgIpc) is 2.90. The van der Waals surface area contributed by atoms with Crippen LogP contribution in [0.15, 0.2) is 59.1 Å². The fraction of sp³-hybridized carbons (Fsp3) is 0.323. The number of amides is 1. The molecular formula is C31H33N3O7. The number of phenolic OH excluding ortho intramolecular Hbond substituents is 1. The number of likely N-dealkylation sites (N-methyl/N-ethyl adjacent to an activating group) is 1. The number of hydrogen-bond acceptors (Lipinski definition) is 9. The molecule has 0 aliphatic heterocycles. The highest BCUT2D eigenvalue weighted by atomic mass is 16.3. The first kappa shape index (κ1) is 28.1. The van der Waals surface area contributed by atoms with Gasteiger partial charge in [0.2, 0.25) is 5.78 Å². The molecule has 0 saturated heterocycles. The van der Waals surface area contributed by atoms with Gasteiger partial charge in [-0.3, -0.25) is 19.3 Å². The van der Waals surface area contributed by atoms with Crippen molar-refractivity contribution < 1.29 is 34.8 Å². The lowest BCUT2D eigenvalue weighted by Crippen LogP contribution is -2.63. The van der Waals surface area contributed by atoms with Crippen LogP contribution in [0.5, 0.6) is 5.75 Å². The van der Waals surface area contributed by atoms with Crippen molar-refractivity contribution in [2.45, 2.75) is 24.5 Å². The third-order valence-corrected chi connectivity index (χ3v) is 8.47. The molecule has 5 rings (SSSR count). The topological polar surface area (TPSA) is 165 Å². The molecule has 214 valence electrons. The van der Waals surface area contributed by atoms with Crippen LogP contribution < -0.4 is 10.6 Å². The zero-order valence-corrected chi connectivity index (χ0v) is 23.3. The highest BCUT2D eigenvalue weighted by Crippen LogP contribution is 2.53. The molecule has 3 aliphatic rings. The number of Topliss-reactive ketones (excluding diaryl/α,β-unsaturated/α-hetero) is 2. The Kier molecular flexibility index (Phi) is 6.79. The molecule has 0 radical (unpaired) electrons. The molecule has 2 aromatic carbocycles. The number of allylic oxidation sites excluding steroid dienone is 1. The van der Waals surface area contributed by atoms with Gasteiger partial charge in [0.25, 0.3) is 5.91 Å². The maximum Gasteiger partial charge on any atom is 0.255 e. The van der Waals surface area contributed by atoms with Crippen LogP contribution in [-0.4, -0.2) is 82.6 Å². The van der Waals surface area contributed by atoms with E-state index in [1.54, 1.807) is 32.3 Å². The number of carbonyl (C=O) groups is 3. The fourth-order valence-corrected chi connectivity index (χ4v) is 6.60. The molecule has 4 atom stereocenters. The summed E-state index contributed by atoms with van der Waals surface area (Å²) in [6.45, 7) is 0.